The molecule has 8 atom stereocenters. The van der Waals surface area contributed by atoms with E-state index in [9.17, 15) is 5.11 Å². The molecule has 0 unspecified atom stereocenters. The maximum absolute atomic E-state index is 10.9. The highest BCUT2D eigenvalue weighted by Gasteiger charge is 2.57. The maximum Gasteiger partial charge on any atom is 0.0882 e. The fourth-order valence-corrected chi connectivity index (χ4v) is 8.52. The third kappa shape index (κ3) is 3.05. The number of rotatable bonds is 4. The SMILES string of the molecule is C=C(CBr)[C@H]1CC[C@H]2[C@@H]3CC[C@@H]4C[C@@](O)(COC)CC[C@@H]4[C@H]3CC[C@]12C. The van der Waals surface area contributed by atoms with E-state index in [1.54, 1.807) is 7.11 Å². The Morgan fingerprint density at radius 2 is 1.85 bits per heavy atom. The summed E-state index contributed by atoms with van der Waals surface area (Å²) in [6.45, 7) is 7.51. The Morgan fingerprint density at radius 1 is 1.08 bits per heavy atom. The number of hydrogen-bond donors (Lipinski definition) is 1. The van der Waals surface area contributed by atoms with Crippen molar-refractivity contribution in [3.63, 3.8) is 0 Å². The first-order valence-electron chi connectivity index (χ1n) is 10.9. The fourth-order valence-electron chi connectivity index (χ4n) is 8.13. The lowest BCUT2D eigenvalue weighted by Crippen LogP contribution is -2.52. The number of aliphatic hydroxyl groups is 1. The highest BCUT2D eigenvalue weighted by molar-refractivity contribution is 9.09. The number of fused-ring (bicyclic) bond motifs is 5. The van der Waals surface area contributed by atoms with Gasteiger partial charge in [-0.15, -0.1) is 0 Å². The summed E-state index contributed by atoms with van der Waals surface area (Å²) >= 11 is 3.67. The predicted octanol–water partition coefficient (Wildman–Crippen LogP) is 5.58. The molecule has 4 saturated carbocycles. The smallest absolute Gasteiger partial charge is 0.0882 e. The van der Waals surface area contributed by atoms with Gasteiger partial charge in [-0.05, 0) is 98.7 Å². The van der Waals surface area contributed by atoms with E-state index < -0.39 is 5.60 Å². The Kier molecular flexibility index (Phi) is 5.38. The molecular formula is C23H37BrO2. The zero-order chi connectivity index (χ0) is 18.5. The minimum atomic E-state index is -0.558. The first-order chi connectivity index (χ1) is 12.4. The first-order valence-corrected chi connectivity index (χ1v) is 12.0. The fraction of sp³-hybridized carbons (Fsp3) is 0.913. The van der Waals surface area contributed by atoms with Crippen LogP contribution >= 0.6 is 15.9 Å². The molecule has 0 amide bonds. The van der Waals surface area contributed by atoms with Crippen molar-refractivity contribution in [3.8, 4) is 0 Å². The van der Waals surface area contributed by atoms with Gasteiger partial charge in [-0.2, -0.15) is 0 Å². The van der Waals surface area contributed by atoms with Gasteiger partial charge in [0.15, 0.2) is 0 Å². The van der Waals surface area contributed by atoms with Gasteiger partial charge in [0.05, 0.1) is 12.2 Å². The van der Waals surface area contributed by atoms with Crippen LogP contribution in [-0.4, -0.2) is 29.8 Å². The second-order valence-electron chi connectivity index (χ2n) is 10.3. The van der Waals surface area contributed by atoms with Crippen LogP contribution in [0.3, 0.4) is 0 Å². The summed E-state index contributed by atoms with van der Waals surface area (Å²) in [5, 5.41) is 11.9. The molecule has 148 valence electrons. The van der Waals surface area contributed by atoms with Gasteiger partial charge in [-0.25, -0.2) is 0 Å². The average molecular weight is 425 g/mol. The van der Waals surface area contributed by atoms with E-state index in [1.807, 2.05) is 0 Å². The average Bonchev–Trinajstić information content (AvgIpc) is 2.98. The highest BCUT2D eigenvalue weighted by atomic mass is 79.9. The Hall–Kier alpha value is 0.140. The third-order valence-corrected chi connectivity index (χ3v) is 9.90. The summed E-state index contributed by atoms with van der Waals surface area (Å²) in [4.78, 5) is 0. The lowest BCUT2D eigenvalue weighted by Gasteiger charge is -2.57. The van der Waals surface area contributed by atoms with Crippen molar-refractivity contribution >= 4 is 15.9 Å². The van der Waals surface area contributed by atoms with Crippen LogP contribution in [0.2, 0.25) is 0 Å². The van der Waals surface area contributed by atoms with E-state index in [4.69, 9.17) is 4.74 Å². The zero-order valence-corrected chi connectivity index (χ0v) is 18.3. The Morgan fingerprint density at radius 3 is 2.58 bits per heavy atom. The third-order valence-electron chi connectivity index (χ3n) is 9.18. The normalized spacial score (nSPS) is 50.6. The molecule has 4 aliphatic rings. The van der Waals surface area contributed by atoms with Crippen molar-refractivity contribution in [2.75, 3.05) is 19.0 Å². The molecule has 0 saturated heterocycles. The van der Waals surface area contributed by atoms with Crippen molar-refractivity contribution < 1.29 is 9.84 Å². The number of halogens is 1. The molecular weight excluding hydrogens is 388 g/mol. The molecule has 0 aromatic heterocycles. The van der Waals surface area contributed by atoms with Gasteiger partial charge in [0.1, 0.15) is 0 Å². The molecule has 26 heavy (non-hydrogen) atoms. The molecule has 0 spiro atoms. The van der Waals surface area contributed by atoms with E-state index in [1.165, 1.54) is 50.5 Å². The van der Waals surface area contributed by atoms with Gasteiger partial charge in [0, 0.05) is 12.4 Å². The van der Waals surface area contributed by atoms with E-state index in [-0.39, 0.29) is 0 Å². The van der Waals surface area contributed by atoms with E-state index in [0.717, 1.165) is 53.7 Å². The number of hydrogen-bond acceptors (Lipinski definition) is 2. The van der Waals surface area contributed by atoms with Gasteiger partial charge in [-0.3, -0.25) is 0 Å². The quantitative estimate of drug-likeness (QED) is 0.470. The minimum absolute atomic E-state index is 0.490. The summed E-state index contributed by atoms with van der Waals surface area (Å²) in [5.74, 6) is 5.05. The first kappa shape index (κ1) is 19.5. The van der Waals surface area contributed by atoms with Crippen LogP contribution in [0, 0.1) is 40.9 Å². The topological polar surface area (TPSA) is 29.5 Å². The van der Waals surface area contributed by atoms with Crippen LogP contribution in [0.4, 0.5) is 0 Å². The van der Waals surface area contributed by atoms with Gasteiger partial charge >= 0.3 is 0 Å². The Bertz CT molecular complexity index is 548. The molecule has 0 aliphatic heterocycles. The zero-order valence-electron chi connectivity index (χ0n) is 16.7. The molecule has 0 heterocycles. The Balaban J connectivity index is 1.50. The largest absolute Gasteiger partial charge is 0.387 e. The van der Waals surface area contributed by atoms with Crippen molar-refractivity contribution in [1.82, 2.24) is 0 Å². The molecule has 0 aromatic carbocycles. The number of methoxy groups -OCH3 is 1. The van der Waals surface area contributed by atoms with Gasteiger partial charge in [-0.1, -0.05) is 35.0 Å². The summed E-state index contributed by atoms with van der Waals surface area (Å²) < 4.78 is 5.32. The monoisotopic (exact) mass is 424 g/mol. The van der Waals surface area contributed by atoms with Gasteiger partial charge < -0.3 is 9.84 Å². The second kappa shape index (κ2) is 7.19. The maximum atomic E-state index is 10.9. The molecule has 4 rings (SSSR count). The summed E-state index contributed by atoms with van der Waals surface area (Å²) in [6.07, 6.45) is 11.4. The lowest BCUT2D eigenvalue weighted by molar-refractivity contribution is -0.123. The standard InChI is InChI=1S/C23H37BrO2/c1-15(13-24)20-6-7-21-19-5-4-16-12-23(25,14-26-3)11-9-17(16)18(19)8-10-22(20,21)2/h16-21,25H,1,4-14H2,2-3H3/t16-,17+,18-,19-,20-,21+,22-,23-/m1/s1. The minimum Gasteiger partial charge on any atom is -0.387 e. The van der Waals surface area contributed by atoms with Crippen LogP contribution in [0.25, 0.3) is 0 Å². The highest BCUT2D eigenvalue weighted by Crippen LogP contribution is 2.65. The molecule has 1 N–H and O–H groups in total. The van der Waals surface area contributed by atoms with Crippen LogP contribution < -0.4 is 0 Å². The van der Waals surface area contributed by atoms with Crippen LogP contribution in [0.15, 0.2) is 12.2 Å². The van der Waals surface area contributed by atoms with Crippen molar-refractivity contribution in [2.45, 2.75) is 70.3 Å². The number of alkyl halides is 1. The second-order valence-corrected chi connectivity index (χ2v) is 10.9. The number of allylic oxidation sites excluding steroid dienone is 1. The molecule has 3 heteroatoms. The van der Waals surface area contributed by atoms with Gasteiger partial charge in [0.2, 0.25) is 0 Å². The van der Waals surface area contributed by atoms with Crippen LogP contribution in [0.1, 0.15) is 64.7 Å². The molecule has 0 aromatic rings. The van der Waals surface area contributed by atoms with E-state index in [2.05, 4.69) is 29.4 Å². The van der Waals surface area contributed by atoms with Crippen molar-refractivity contribution in [1.29, 1.82) is 0 Å². The number of ether oxygens (including phenoxy) is 1. The van der Waals surface area contributed by atoms with Gasteiger partial charge in [0.25, 0.3) is 0 Å². The van der Waals surface area contributed by atoms with E-state index in [0.29, 0.717) is 12.0 Å². The van der Waals surface area contributed by atoms with Crippen LogP contribution in [-0.2, 0) is 4.74 Å². The predicted molar refractivity (Wildman–Crippen MR) is 110 cm³/mol. The Labute approximate surface area is 168 Å². The molecule has 0 radical (unpaired) electrons. The van der Waals surface area contributed by atoms with Crippen LogP contribution in [0.5, 0.6) is 0 Å². The van der Waals surface area contributed by atoms with E-state index >= 15 is 0 Å². The molecule has 0 bridgehead atoms. The summed E-state index contributed by atoms with van der Waals surface area (Å²) in [5.41, 5.74) is 1.37. The molecule has 2 nitrogen and oxygen atoms in total. The molecule has 4 aliphatic carbocycles. The lowest BCUT2D eigenvalue weighted by atomic mass is 9.49. The van der Waals surface area contributed by atoms with Crippen molar-refractivity contribution in [3.05, 3.63) is 12.2 Å². The molecule has 4 fully saturated rings. The summed E-state index contributed by atoms with van der Waals surface area (Å²) in [7, 11) is 1.72. The summed E-state index contributed by atoms with van der Waals surface area (Å²) in [6, 6.07) is 0. The van der Waals surface area contributed by atoms with Crippen molar-refractivity contribution in [2.24, 2.45) is 40.9 Å².